The van der Waals surface area contributed by atoms with E-state index in [0.29, 0.717) is 13.1 Å². The van der Waals surface area contributed by atoms with Gasteiger partial charge in [0.05, 0.1) is 7.11 Å². The van der Waals surface area contributed by atoms with Crippen LogP contribution in [0.25, 0.3) is 0 Å². The third kappa shape index (κ3) is 3.49. The van der Waals surface area contributed by atoms with E-state index in [1.165, 1.54) is 31.7 Å². The van der Waals surface area contributed by atoms with E-state index in [0.717, 1.165) is 12.0 Å². The molecule has 1 atom stereocenters. The van der Waals surface area contributed by atoms with Crippen molar-refractivity contribution in [3.05, 3.63) is 59.2 Å². The molecule has 2 aromatic carbocycles. The number of aromatic hydroxyl groups is 1. The Balaban J connectivity index is 1.67. The number of esters is 1. The second-order valence-electron chi connectivity index (χ2n) is 6.18. The van der Waals surface area contributed by atoms with Crippen LogP contribution in [0.15, 0.2) is 42.5 Å². The third-order valence-corrected chi connectivity index (χ3v) is 4.51. The monoisotopic (exact) mass is 355 g/mol. The number of phenolic OH excluding ortho intramolecular Hbond substituents is 1. The predicted molar refractivity (Wildman–Crippen MR) is 95.1 cm³/mol. The van der Waals surface area contributed by atoms with Gasteiger partial charge in [0.2, 0.25) is 0 Å². The first-order valence-electron chi connectivity index (χ1n) is 8.43. The number of phenols is 1. The lowest BCUT2D eigenvalue weighted by Crippen LogP contribution is -2.42. The van der Waals surface area contributed by atoms with Crippen LogP contribution in [-0.2, 0) is 22.5 Å². The van der Waals surface area contributed by atoms with Crippen LogP contribution in [0.3, 0.4) is 0 Å². The Hall–Kier alpha value is -3.02. The molecule has 6 nitrogen and oxygen atoms in total. The van der Waals surface area contributed by atoms with Crippen LogP contribution in [0.1, 0.15) is 28.4 Å². The Morgan fingerprint density at radius 2 is 1.85 bits per heavy atom. The normalized spacial score (nSPS) is 14.3. The summed E-state index contributed by atoms with van der Waals surface area (Å²) in [6.45, 7) is 2.63. The number of methoxy groups -OCH3 is 1. The molecular formula is C20H21NO5. The Morgan fingerprint density at radius 3 is 2.58 bits per heavy atom. The number of fused-ring (bicyclic) bond motifs is 1. The van der Waals surface area contributed by atoms with Gasteiger partial charge in [0, 0.05) is 13.1 Å². The van der Waals surface area contributed by atoms with E-state index in [2.05, 4.69) is 6.07 Å². The van der Waals surface area contributed by atoms with Crippen molar-refractivity contribution in [1.29, 1.82) is 0 Å². The van der Waals surface area contributed by atoms with Gasteiger partial charge in [-0.1, -0.05) is 30.3 Å². The molecule has 1 aliphatic heterocycles. The van der Waals surface area contributed by atoms with Crippen molar-refractivity contribution in [1.82, 2.24) is 4.90 Å². The summed E-state index contributed by atoms with van der Waals surface area (Å²) in [5.41, 5.74) is 2.31. The number of hydrogen-bond donors (Lipinski definition) is 1. The van der Waals surface area contributed by atoms with Gasteiger partial charge in [-0.3, -0.25) is 4.79 Å². The molecule has 0 bridgehead atoms. The van der Waals surface area contributed by atoms with E-state index < -0.39 is 12.1 Å². The van der Waals surface area contributed by atoms with Gasteiger partial charge < -0.3 is 19.5 Å². The maximum absolute atomic E-state index is 12.6. The molecule has 0 unspecified atom stereocenters. The number of carbonyl (C=O) groups excluding carboxylic acids is 2. The SMILES string of the molecule is COc1cccc(C(=O)O[C@@H](C)C(=O)N2CCc3ccccc3C2)c1O. The van der Waals surface area contributed by atoms with Gasteiger partial charge in [-0.2, -0.15) is 0 Å². The van der Waals surface area contributed by atoms with Crippen molar-refractivity contribution >= 4 is 11.9 Å². The molecule has 1 N–H and O–H groups in total. The van der Waals surface area contributed by atoms with Crippen molar-refractivity contribution in [2.75, 3.05) is 13.7 Å². The van der Waals surface area contributed by atoms with Crippen LogP contribution >= 0.6 is 0 Å². The summed E-state index contributed by atoms with van der Waals surface area (Å²) in [5, 5.41) is 10.0. The first-order chi connectivity index (χ1) is 12.5. The third-order valence-electron chi connectivity index (χ3n) is 4.51. The minimum Gasteiger partial charge on any atom is -0.504 e. The molecule has 0 saturated carbocycles. The van der Waals surface area contributed by atoms with Crippen molar-refractivity contribution < 1.29 is 24.2 Å². The molecule has 6 heteroatoms. The number of benzene rings is 2. The number of carbonyl (C=O) groups is 2. The molecule has 26 heavy (non-hydrogen) atoms. The lowest BCUT2D eigenvalue weighted by Gasteiger charge is -2.30. The zero-order chi connectivity index (χ0) is 18.7. The Labute approximate surface area is 152 Å². The van der Waals surface area contributed by atoms with Crippen LogP contribution in [0.4, 0.5) is 0 Å². The molecule has 0 spiro atoms. The van der Waals surface area contributed by atoms with Crippen LogP contribution in [0, 0.1) is 0 Å². The quantitative estimate of drug-likeness (QED) is 0.853. The topological polar surface area (TPSA) is 76.1 Å². The highest BCUT2D eigenvalue weighted by molar-refractivity contribution is 5.95. The van der Waals surface area contributed by atoms with Gasteiger partial charge in [-0.25, -0.2) is 4.79 Å². The van der Waals surface area contributed by atoms with E-state index >= 15 is 0 Å². The summed E-state index contributed by atoms with van der Waals surface area (Å²) in [7, 11) is 1.39. The molecule has 1 heterocycles. The molecule has 0 fully saturated rings. The standard InChI is InChI=1S/C20H21NO5/c1-13(26-20(24)16-8-5-9-17(25-2)18(16)22)19(23)21-11-10-14-6-3-4-7-15(14)12-21/h3-9,13,22H,10-12H2,1-2H3/t13-/m0/s1. The summed E-state index contributed by atoms with van der Waals surface area (Å²) in [6, 6.07) is 12.5. The largest absolute Gasteiger partial charge is 0.504 e. The van der Waals surface area contributed by atoms with Gasteiger partial charge >= 0.3 is 5.97 Å². The molecule has 3 rings (SSSR count). The average molecular weight is 355 g/mol. The van der Waals surface area contributed by atoms with E-state index in [1.54, 1.807) is 11.0 Å². The number of nitrogens with zero attached hydrogens (tertiary/aromatic N) is 1. The minimum absolute atomic E-state index is 0.0343. The fourth-order valence-electron chi connectivity index (χ4n) is 3.07. The van der Waals surface area contributed by atoms with Gasteiger partial charge in [-0.15, -0.1) is 0 Å². The number of ether oxygens (including phenoxy) is 2. The number of para-hydroxylation sites is 1. The highest BCUT2D eigenvalue weighted by Gasteiger charge is 2.28. The van der Waals surface area contributed by atoms with Crippen molar-refractivity contribution in [2.24, 2.45) is 0 Å². The second kappa shape index (κ2) is 7.47. The first-order valence-corrected chi connectivity index (χ1v) is 8.43. The zero-order valence-corrected chi connectivity index (χ0v) is 14.8. The molecule has 1 amide bonds. The molecule has 0 aromatic heterocycles. The maximum atomic E-state index is 12.6. The molecule has 0 radical (unpaired) electrons. The van der Waals surface area contributed by atoms with Gasteiger partial charge in [-0.05, 0) is 36.6 Å². The molecule has 136 valence electrons. The summed E-state index contributed by atoms with van der Waals surface area (Å²) in [5.74, 6) is -1.15. The maximum Gasteiger partial charge on any atom is 0.342 e. The van der Waals surface area contributed by atoms with E-state index in [1.807, 2.05) is 18.2 Å². The number of hydrogen-bond acceptors (Lipinski definition) is 5. The van der Waals surface area contributed by atoms with Crippen LogP contribution in [0.2, 0.25) is 0 Å². The van der Waals surface area contributed by atoms with E-state index in [4.69, 9.17) is 9.47 Å². The van der Waals surface area contributed by atoms with Gasteiger partial charge in [0.25, 0.3) is 5.91 Å². The second-order valence-corrected chi connectivity index (χ2v) is 6.18. The van der Waals surface area contributed by atoms with Crippen LogP contribution in [-0.4, -0.2) is 41.6 Å². The molecule has 0 aliphatic carbocycles. The summed E-state index contributed by atoms with van der Waals surface area (Å²) in [4.78, 5) is 26.7. The highest BCUT2D eigenvalue weighted by Crippen LogP contribution is 2.30. The summed E-state index contributed by atoms with van der Waals surface area (Å²) >= 11 is 0. The van der Waals surface area contributed by atoms with Gasteiger partial charge in [0.15, 0.2) is 17.6 Å². The Morgan fingerprint density at radius 1 is 1.12 bits per heavy atom. The lowest BCUT2D eigenvalue weighted by atomic mass is 9.99. The molecular weight excluding hydrogens is 334 g/mol. The van der Waals surface area contributed by atoms with Crippen molar-refractivity contribution in [3.8, 4) is 11.5 Å². The Bertz CT molecular complexity index is 833. The summed E-state index contributed by atoms with van der Waals surface area (Å²) in [6.07, 6.45) is -0.169. The van der Waals surface area contributed by atoms with Crippen molar-refractivity contribution in [2.45, 2.75) is 26.0 Å². The molecule has 1 aliphatic rings. The smallest absolute Gasteiger partial charge is 0.342 e. The highest BCUT2D eigenvalue weighted by atomic mass is 16.5. The minimum atomic E-state index is -0.946. The first kappa shape index (κ1) is 17.8. The summed E-state index contributed by atoms with van der Waals surface area (Å²) < 4.78 is 10.3. The van der Waals surface area contributed by atoms with Crippen molar-refractivity contribution in [3.63, 3.8) is 0 Å². The predicted octanol–water partition coefficient (Wildman–Crippen LogP) is 2.53. The fourth-order valence-corrected chi connectivity index (χ4v) is 3.07. The van der Waals surface area contributed by atoms with Crippen LogP contribution < -0.4 is 4.74 Å². The van der Waals surface area contributed by atoms with Crippen LogP contribution in [0.5, 0.6) is 11.5 Å². The number of amides is 1. The molecule has 0 saturated heterocycles. The lowest BCUT2D eigenvalue weighted by molar-refractivity contribution is -0.140. The molecule has 2 aromatic rings. The van der Waals surface area contributed by atoms with Gasteiger partial charge in [0.1, 0.15) is 5.56 Å². The fraction of sp³-hybridized carbons (Fsp3) is 0.300. The van der Waals surface area contributed by atoms with E-state index in [-0.39, 0.29) is 23.0 Å². The Kier molecular flexibility index (Phi) is 5.11. The van der Waals surface area contributed by atoms with E-state index in [9.17, 15) is 14.7 Å². The number of rotatable bonds is 4. The average Bonchev–Trinajstić information content (AvgIpc) is 2.67. The zero-order valence-electron chi connectivity index (χ0n) is 14.8.